The van der Waals surface area contributed by atoms with Crippen molar-refractivity contribution in [2.24, 2.45) is 0 Å². The molecule has 0 radical (unpaired) electrons. The van der Waals surface area contributed by atoms with Gasteiger partial charge in [-0.3, -0.25) is 0 Å². The summed E-state index contributed by atoms with van der Waals surface area (Å²) in [6, 6.07) is 3.85. The van der Waals surface area contributed by atoms with Crippen LogP contribution in [0.2, 0.25) is 0 Å². The zero-order valence-corrected chi connectivity index (χ0v) is 9.41. The van der Waals surface area contributed by atoms with Crippen molar-refractivity contribution in [1.29, 1.82) is 0 Å². The molecule has 0 saturated heterocycles. The largest absolute Gasteiger partial charge is 0.397 e. The fourth-order valence-corrected chi connectivity index (χ4v) is 1.54. The smallest absolute Gasteiger partial charge is 0.129 e. The summed E-state index contributed by atoms with van der Waals surface area (Å²) in [7, 11) is 0. The van der Waals surface area contributed by atoms with Crippen molar-refractivity contribution in [2.75, 3.05) is 17.2 Å². The average Bonchev–Trinajstić information content (AvgIpc) is 2.07. The van der Waals surface area contributed by atoms with Crippen LogP contribution in [0.4, 0.5) is 11.5 Å². The van der Waals surface area contributed by atoms with Gasteiger partial charge in [-0.15, -0.1) is 0 Å². The number of nitrogens with two attached hydrogens (primary N) is 1. The van der Waals surface area contributed by atoms with E-state index >= 15 is 0 Å². The van der Waals surface area contributed by atoms with E-state index in [4.69, 9.17) is 5.73 Å². The van der Waals surface area contributed by atoms with Gasteiger partial charge in [-0.2, -0.15) is 0 Å². The molecule has 0 saturated carbocycles. The highest BCUT2D eigenvalue weighted by atomic mass is 15.2. The molecule has 1 aromatic heterocycles. The third-order valence-corrected chi connectivity index (χ3v) is 2.17. The van der Waals surface area contributed by atoms with Gasteiger partial charge >= 0.3 is 0 Å². The molecular weight excluding hydrogens is 174 g/mol. The van der Waals surface area contributed by atoms with Crippen molar-refractivity contribution in [1.82, 2.24) is 4.98 Å². The molecule has 0 aliphatic heterocycles. The molecule has 0 aromatic carbocycles. The van der Waals surface area contributed by atoms with Crippen LogP contribution in [0.15, 0.2) is 18.3 Å². The van der Waals surface area contributed by atoms with E-state index in [9.17, 15) is 0 Å². The van der Waals surface area contributed by atoms with Crippen LogP contribution in [-0.4, -0.2) is 17.1 Å². The second-order valence-electron chi connectivity index (χ2n) is 4.36. The molecule has 14 heavy (non-hydrogen) atoms. The lowest BCUT2D eigenvalue weighted by atomic mass is 10.1. The second kappa shape index (κ2) is 3.86. The first kappa shape index (κ1) is 10.8. The van der Waals surface area contributed by atoms with Gasteiger partial charge in [0.05, 0.1) is 11.9 Å². The molecule has 1 heterocycles. The highest BCUT2D eigenvalue weighted by Gasteiger charge is 2.20. The Morgan fingerprint density at radius 3 is 2.36 bits per heavy atom. The number of hydrogen-bond acceptors (Lipinski definition) is 3. The monoisotopic (exact) mass is 193 g/mol. The lowest BCUT2D eigenvalue weighted by Gasteiger charge is -2.35. The molecule has 0 amide bonds. The van der Waals surface area contributed by atoms with Crippen LogP contribution in [0.25, 0.3) is 0 Å². The number of nitrogens with zero attached hydrogens (tertiary/aromatic N) is 2. The van der Waals surface area contributed by atoms with E-state index in [1.54, 1.807) is 6.20 Å². The van der Waals surface area contributed by atoms with E-state index in [-0.39, 0.29) is 5.54 Å². The molecule has 3 heteroatoms. The van der Waals surface area contributed by atoms with E-state index in [1.165, 1.54) is 0 Å². The number of hydrogen-bond donors (Lipinski definition) is 1. The Balaban J connectivity index is 2.96. The van der Waals surface area contributed by atoms with Crippen molar-refractivity contribution in [3.63, 3.8) is 0 Å². The minimum atomic E-state index is 0.0951. The fraction of sp³-hybridized carbons (Fsp3) is 0.545. The number of aromatic nitrogens is 1. The molecule has 0 fully saturated rings. The minimum Gasteiger partial charge on any atom is -0.397 e. The topological polar surface area (TPSA) is 42.1 Å². The summed E-state index contributed by atoms with van der Waals surface area (Å²) in [5.74, 6) is 0.981. The molecule has 78 valence electrons. The van der Waals surface area contributed by atoms with Gasteiger partial charge in [-0.25, -0.2) is 4.98 Å². The van der Waals surface area contributed by atoms with E-state index in [0.717, 1.165) is 12.4 Å². The highest BCUT2D eigenvalue weighted by Crippen LogP contribution is 2.21. The Kier molecular flexibility index (Phi) is 2.99. The molecule has 1 rings (SSSR count). The van der Waals surface area contributed by atoms with Crippen LogP contribution >= 0.6 is 0 Å². The van der Waals surface area contributed by atoms with Gasteiger partial charge in [0, 0.05) is 12.1 Å². The first-order valence-electron chi connectivity index (χ1n) is 4.94. The molecular formula is C11H19N3. The van der Waals surface area contributed by atoms with Crippen molar-refractivity contribution >= 4 is 11.5 Å². The van der Waals surface area contributed by atoms with Gasteiger partial charge in [0.25, 0.3) is 0 Å². The van der Waals surface area contributed by atoms with Crippen molar-refractivity contribution in [2.45, 2.75) is 33.2 Å². The third-order valence-electron chi connectivity index (χ3n) is 2.17. The Morgan fingerprint density at radius 2 is 2.00 bits per heavy atom. The summed E-state index contributed by atoms with van der Waals surface area (Å²) in [5, 5.41) is 0. The maximum absolute atomic E-state index is 5.60. The van der Waals surface area contributed by atoms with Gasteiger partial charge in [-0.05, 0) is 39.8 Å². The van der Waals surface area contributed by atoms with Gasteiger partial charge < -0.3 is 10.6 Å². The van der Waals surface area contributed by atoms with Crippen LogP contribution in [-0.2, 0) is 0 Å². The Bertz CT molecular complexity index is 284. The van der Waals surface area contributed by atoms with Crippen molar-refractivity contribution in [3.8, 4) is 0 Å². The van der Waals surface area contributed by atoms with Gasteiger partial charge in [-0.1, -0.05) is 0 Å². The lowest BCUT2D eigenvalue weighted by molar-refractivity contribution is 0.508. The third kappa shape index (κ3) is 2.37. The van der Waals surface area contributed by atoms with E-state index < -0.39 is 0 Å². The first-order valence-corrected chi connectivity index (χ1v) is 4.94. The van der Waals surface area contributed by atoms with Crippen LogP contribution in [0, 0.1) is 0 Å². The van der Waals surface area contributed by atoms with Gasteiger partial charge in [0.1, 0.15) is 5.82 Å². The number of anilines is 2. The lowest BCUT2D eigenvalue weighted by Crippen LogP contribution is -2.41. The zero-order chi connectivity index (χ0) is 10.8. The summed E-state index contributed by atoms with van der Waals surface area (Å²) in [6.07, 6.45) is 1.70. The van der Waals surface area contributed by atoms with E-state index in [2.05, 4.69) is 37.6 Å². The first-order chi connectivity index (χ1) is 6.45. The van der Waals surface area contributed by atoms with Gasteiger partial charge in [0.2, 0.25) is 0 Å². The van der Waals surface area contributed by atoms with Crippen LogP contribution in [0.5, 0.6) is 0 Å². The Hall–Kier alpha value is -1.25. The molecule has 1 aromatic rings. The number of pyridine rings is 1. The molecule has 0 bridgehead atoms. The molecule has 0 atom stereocenters. The SMILES string of the molecule is CCN(c1ccc(N)cn1)C(C)(C)C. The van der Waals surface area contributed by atoms with Crippen molar-refractivity contribution < 1.29 is 0 Å². The van der Waals surface area contributed by atoms with Gasteiger partial charge in [0.15, 0.2) is 0 Å². The fourth-order valence-electron chi connectivity index (χ4n) is 1.54. The van der Waals surface area contributed by atoms with Crippen molar-refractivity contribution in [3.05, 3.63) is 18.3 Å². The maximum atomic E-state index is 5.60. The number of rotatable bonds is 2. The molecule has 2 N–H and O–H groups in total. The predicted octanol–water partition coefficient (Wildman–Crippen LogP) is 2.29. The van der Waals surface area contributed by atoms with E-state index in [1.807, 2.05) is 12.1 Å². The Morgan fingerprint density at radius 1 is 1.36 bits per heavy atom. The van der Waals surface area contributed by atoms with Crippen LogP contribution in [0.3, 0.4) is 0 Å². The maximum Gasteiger partial charge on any atom is 0.129 e. The average molecular weight is 193 g/mol. The summed E-state index contributed by atoms with van der Waals surface area (Å²) >= 11 is 0. The zero-order valence-electron chi connectivity index (χ0n) is 9.41. The van der Waals surface area contributed by atoms with Crippen LogP contribution < -0.4 is 10.6 Å². The quantitative estimate of drug-likeness (QED) is 0.783. The summed E-state index contributed by atoms with van der Waals surface area (Å²) in [6.45, 7) is 9.60. The summed E-state index contributed by atoms with van der Waals surface area (Å²) in [4.78, 5) is 6.56. The molecule has 0 unspecified atom stereocenters. The standard InChI is InChI=1S/C11H19N3/c1-5-14(11(2,3)4)10-7-6-9(12)8-13-10/h6-8H,5,12H2,1-4H3. The highest BCUT2D eigenvalue weighted by molar-refractivity contribution is 5.47. The summed E-state index contributed by atoms with van der Waals surface area (Å²) < 4.78 is 0. The normalized spacial score (nSPS) is 11.4. The van der Waals surface area contributed by atoms with Crippen LogP contribution in [0.1, 0.15) is 27.7 Å². The molecule has 0 aliphatic carbocycles. The van der Waals surface area contributed by atoms with E-state index in [0.29, 0.717) is 5.69 Å². The Labute approximate surface area is 85.9 Å². The second-order valence-corrected chi connectivity index (χ2v) is 4.36. The predicted molar refractivity (Wildman–Crippen MR) is 61.4 cm³/mol. The molecule has 3 nitrogen and oxygen atoms in total. The summed E-state index contributed by atoms with van der Waals surface area (Å²) in [5.41, 5.74) is 6.40. The molecule has 0 spiro atoms. The number of nitrogen functional groups attached to an aromatic ring is 1. The minimum absolute atomic E-state index is 0.0951. The molecule has 0 aliphatic rings.